The lowest BCUT2D eigenvalue weighted by Crippen LogP contribution is -2.64. The third kappa shape index (κ3) is 3.26. The van der Waals surface area contributed by atoms with Gasteiger partial charge in [-0.1, -0.05) is 12.1 Å². The van der Waals surface area contributed by atoms with Crippen LogP contribution < -0.4 is 15.0 Å². The van der Waals surface area contributed by atoms with Crippen molar-refractivity contribution in [2.75, 3.05) is 11.4 Å². The van der Waals surface area contributed by atoms with Gasteiger partial charge in [0.25, 0.3) is 5.91 Å². The van der Waals surface area contributed by atoms with E-state index in [1.54, 1.807) is 0 Å². The Morgan fingerprint density at radius 3 is 2.48 bits per heavy atom. The Bertz CT molecular complexity index is 584. The summed E-state index contributed by atoms with van der Waals surface area (Å²) in [7, 11) is 0. The summed E-state index contributed by atoms with van der Waals surface area (Å²) in [5.74, 6) is -1.49. The second-order valence-corrected chi connectivity index (χ2v) is 5.08. The maximum atomic E-state index is 12.4. The molecular weight excluding hydrogens is 289 g/mol. The Morgan fingerprint density at radius 1 is 1.24 bits per heavy atom. The van der Waals surface area contributed by atoms with Crippen LogP contribution in [0.1, 0.15) is 13.8 Å². The summed E-state index contributed by atoms with van der Waals surface area (Å²) in [5.41, 5.74) is -1.29. The molecule has 1 aromatic rings. The maximum Gasteiger partial charge on any atom is 0.573 e. The number of ether oxygens (including phenoxy) is 1. The first-order valence-corrected chi connectivity index (χ1v) is 6.08. The minimum absolute atomic E-state index is 0.0947. The fourth-order valence-electron chi connectivity index (χ4n) is 2.08. The van der Waals surface area contributed by atoms with E-state index in [4.69, 9.17) is 0 Å². The number of carbonyl (C=O) groups is 2. The van der Waals surface area contributed by atoms with Crippen LogP contribution in [0.3, 0.4) is 0 Å². The normalized spacial score (nSPS) is 18.4. The van der Waals surface area contributed by atoms with Crippen molar-refractivity contribution in [2.45, 2.75) is 25.7 Å². The quantitative estimate of drug-likeness (QED) is 0.906. The molecule has 0 aliphatic carbocycles. The molecule has 1 aliphatic rings. The van der Waals surface area contributed by atoms with E-state index >= 15 is 0 Å². The molecule has 0 bridgehead atoms. The molecule has 21 heavy (non-hydrogen) atoms. The monoisotopic (exact) mass is 302 g/mol. The van der Waals surface area contributed by atoms with E-state index < -0.39 is 29.5 Å². The summed E-state index contributed by atoms with van der Waals surface area (Å²) in [6.45, 7) is 2.60. The predicted octanol–water partition coefficient (Wildman–Crippen LogP) is 1.83. The molecule has 1 fully saturated rings. The van der Waals surface area contributed by atoms with Crippen LogP contribution in [0.25, 0.3) is 0 Å². The maximum absolute atomic E-state index is 12.4. The third-order valence-corrected chi connectivity index (χ3v) is 2.92. The highest BCUT2D eigenvalue weighted by atomic mass is 19.4. The second-order valence-electron chi connectivity index (χ2n) is 5.08. The number of hydrogen-bond acceptors (Lipinski definition) is 3. The molecule has 1 aliphatic heterocycles. The van der Waals surface area contributed by atoms with E-state index in [0.29, 0.717) is 0 Å². The zero-order chi connectivity index (χ0) is 15.8. The minimum Gasteiger partial charge on any atom is -0.404 e. The lowest BCUT2D eigenvalue weighted by Gasteiger charge is -2.37. The fourth-order valence-corrected chi connectivity index (χ4v) is 2.08. The molecule has 0 spiro atoms. The third-order valence-electron chi connectivity index (χ3n) is 2.92. The van der Waals surface area contributed by atoms with Crippen molar-refractivity contribution in [2.24, 2.45) is 0 Å². The summed E-state index contributed by atoms with van der Waals surface area (Å²) in [6, 6.07) is 5.21. The summed E-state index contributed by atoms with van der Waals surface area (Å²) < 4.78 is 41.1. The van der Waals surface area contributed by atoms with Crippen molar-refractivity contribution in [3.8, 4) is 5.75 Å². The van der Waals surface area contributed by atoms with Gasteiger partial charge in [0.15, 0.2) is 5.75 Å². The highest BCUT2D eigenvalue weighted by Crippen LogP contribution is 2.34. The zero-order valence-corrected chi connectivity index (χ0v) is 11.3. The van der Waals surface area contributed by atoms with Gasteiger partial charge in [0.05, 0.1) is 5.69 Å². The highest BCUT2D eigenvalue weighted by Gasteiger charge is 2.41. The molecule has 0 unspecified atom stereocenters. The van der Waals surface area contributed by atoms with E-state index in [1.165, 1.54) is 32.0 Å². The first-order valence-electron chi connectivity index (χ1n) is 6.08. The summed E-state index contributed by atoms with van der Waals surface area (Å²) in [6.07, 6.45) is -4.88. The van der Waals surface area contributed by atoms with Gasteiger partial charge in [0.1, 0.15) is 12.1 Å². The standard InChI is InChI=1S/C13H13F3N2O3/c1-12(2)11(20)18(7-10(19)17-12)8-5-3-4-6-9(8)21-13(14,15)16/h3-6H,7H2,1-2H3,(H,17,19). The van der Waals surface area contributed by atoms with Crippen LogP contribution in [0.5, 0.6) is 5.75 Å². The zero-order valence-electron chi connectivity index (χ0n) is 11.3. The van der Waals surface area contributed by atoms with E-state index in [0.717, 1.165) is 11.0 Å². The number of benzene rings is 1. The van der Waals surface area contributed by atoms with E-state index in [2.05, 4.69) is 10.1 Å². The molecule has 1 aromatic carbocycles. The number of amides is 2. The van der Waals surface area contributed by atoms with E-state index in [9.17, 15) is 22.8 Å². The van der Waals surface area contributed by atoms with Crippen molar-refractivity contribution in [1.29, 1.82) is 0 Å². The first-order chi connectivity index (χ1) is 9.60. The molecule has 1 N–H and O–H groups in total. The largest absolute Gasteiger partial charge is 0.573 e. The Kier molecular flexibility index (Phi) is 3.56. The number of halogens is 3. The average Bonchev–Trinajstić information content (AvgIpc) is 2.32. The van der Waals surface area contributed by atoms with Crippen molar-refractivity contribution < 1.29 is 27.5 Å². The SMILES string of the molecule is CC1(C)NC(=O)CN(c2ccccc2OC(F)(F)F)C1=O. The van der Waals surface area contributed by atoms with Crippen molar-refractivity contribution in [3.63, 3.8) is 0 Å². The van der Waals surface area contributed by atoms with E-state index in [1.807, 2.05) is 0 Å². The van der Waals surface area contributed by atoms with Gasteiger partial charge in [-0.2, -0.15) is 0 Å². The number of para-hydroxylation sites is 2. The van der Waals surface area contributed by atoms with Gasteiger partial charge in [-0.25, -0.2) is 0 Å². The van der Waals surface area contributed by atoms with Crippen LogP contribution in [-0.2, 0) is 9.59 Å². The van der Waals surface area contributed by atoms with Gasteiger partial charge in [-0.15, -0.1) is 13.2 Å². The fraction of sp³-hybridized carbons (Fsp3) is 0.385. The molecule has 0 saturated carbocycles. The number of nitrogens with zero attached hydrogens (tertiary/aromatic N) is 1. The Hall–Kier alpha value is -2.25. The molecule has 0 aromatic heterocycles. The topological polar surface area (TPSA) is 58.6 Å². The molecule has 2 rings (SSSR count). The van der Waals surface area contributed by atoms with Crippen LogP contribution in [0.15, 0.2) is 24.3 Å². The predicted molar refractivity (Wildman–Crippen MR) is 67.7 cm³/mol. The van der Waals surface area contributed by atoms with Crippen molar-refractivity contribution in [1.82, 2.24) is 5.32 Å². The van der Waals surface area contributed by atoms with Gasteiger partial charge in [0.2, 0.25) is 5.91 Å². The summed E-state index contributed by atoms with van der Waals surface area (Å²) in [4.78, 5) is 24.9. The van der Waals surface area contributed by atoms with Gasteiger partial charge in [-0.05, 0) is 26.0 Å². The number of hydrogen-bond donors (Lipinski definition) is 1. The van der Waals surface area contributed by atoms with Crippen LogP contribution in [0.4, 0.5) is 18.9 Å². The van der Waals surface area contributed by atoms with E-state index in [-0.39, 0.29) is 12.2 Å². The van der Waals surface area contributed by atoms with Crippen LogP contribution >= 0.6 is 0 Å². The Balaban J connectivity index is 2.41. The van der Waals surface area contributed by atoms with Crippen molar-refractivity contribution >= 4 is 17.5 Å². The number of carbonyl (C=O) groups excluding carboxylic acids is 2. The Morgan fingerprint density at radius 2 is 1.86 bits per heavy atom. The second kappa shape index (κ2) is 4.94. The molecule has 2 amide bonds. The van der Waals surface area contributed by atoms with Gasteiger partial charge >= 0.3 is 6.36 Å². The number of piperazine rings is 1. The molecule has 0 atom stereocenters. The van der Waals surface area contributed by atoms with Crippen LogP contribution in [-0.4, -0.2) is 30.3 Å². The molecule has 1 heterocycles. The van der Waals surface area contributed by atoms with Crippen molar-refractivity contribution in [3.05, 3.63) is 24.3 Å². The van der Waals surface area contributed by atoms with Gasteiger partial charge < -0.3 is 10.1 Å². The van der Waals surface area contributed by atoms with Gasteiger partial charge in [0, 0.05) is 0 Å². The van der Waals surface area contributed by atoms with Gasteiger partial charge in [-0.3, -0.25) is 14.5 Å². The number of alkyl halides is 3. The molecule has 114 valence electrons. The molecule has 5 nitrogen and oxygen atoms in total. The molecule has 1 saturated heterocycles. The summed E-state index contributed by atoms with van der Waals surface area (Å²) >= 11 is 0. The average molecular weight is 302 g/mol. The first kappa shape index (κ1) is 15.1. The van der Waals surface area contributed by atoms with Crippen LogP contribution in [0, 0.1) is 0 Å². The highest BCUT2D eigenvalue weighted by molar-refractivity contribution is 6.09. The lowest BCUT2D eigenvalue weighted by molar-refractivity contribution is -0.274. The molecule has 0 radical (unpaired) electrons. The number of anilines is 1. The number of nitrogens with one attached hydrogen (secondary N) is 1. The Labute approximate surface area is 118 Å². The summed E-state index contributed by atoms with van der Waals surface area (Å²) in [5, 5.41) is 2.48. The minimum atomic E-state index is -4.88. The van der Waals surface area contributed by atoms with Crippen LogP contribution in [0.2, 0.25) is 0 Å². The lowest BCUT2D eigenvalue weighted by atomic mass is 10.00. The smallest absolute Gasteiger partial charge is 0.404 e. The molecular formula is C13H13F3N2O3. The number of rotatable bonds is 2. The molecule has 8 heteroatoms.